The van der Waals surface area contributed by atoms with Crippen LogP contribution in [0.4, 0.5) is 16.2 Å². The van der Waals surface area contributed by atoms with Crippen LogP contribution in [0.25, 0.3) is 10.9 Å². The fourth-order valence-electron chi connectivity index (χ4n) is 3.49. The molecule has 0 aliphatic carbocycles. The van der Waals surface area contributed by atoms with Crippen molar-refractivity contribution in [3.8, 4) is 11.5 Å². The van der Waals surface area contributed by atoms with Crippen molar-refractivity contribution in [3.63, 3.8) is 0 Å². The first-order valence-electron chi connectivity index (χ1n) is 9.52. The number of methoxy groups -OCH3 is 2. The number of aromatic nitrogens is 1. The summed E-state index contributed by atoms with van der Waals surface area (Å²) >= 11 is 0. The smallest absolute Gasteiger partial charge is 0.325 e. The van der Waals surface area contributed by atoms with E-state index in [-0.39, 0.29) is 18.5 Å². The van der Waals surface area contributed by atoms with Gasteiger partial charge in [-0.15, -0.1) is 0 Å². The molecule has 1 saturated heterocycles. The molecule has 0 radical (unpaired) electrons. The standard InChI is InChI=1S/C22H22N4O4/c1-29-17-6-8-20(30-2)19(13-17)26-11-10-25(22(26)28)14-21(27)24-16-5-7-18-15(12-16)4-3-9-23-18/h3-9,12-13H,10-11,14H2,1-2H3,(H,24,27). The summed E-state index contributed by atoms with van der Waals surface area (Å²) in [5.74, 6) is 0.937. The first-order valence-corrected chi connectivity index (χ1v) is 9.52. The van der Waals surface area contributed by atoms with E-state index in [2.05, 4.69) is 10.3 Å². The van der Waals surface area contributed by atoms with Gasteiger partial charge in [-0.1, -0.05) is 6.07 Å². The molecule has 1 aliphatic rings. The lowest BCUT2D eigenvalue weighted by Crippen LogP contribution is -2.37. The summed E-state index contributed by atoms with van der Waals surface area (Å²) in [5, 5.41) is 3.79. The number of carbonyl (C=O) groups is 2. The highest BCUT2D eigenvalue weighted by molar-refractivity contribution is 6.00. The van der Waals surface area contributed by atoms with E-state index in [1.165, 1.54) is 4.90 Å². The molecule has 8 nitrogen and oxygen atoms in total. The van der Waals surface area contributed by atoms with Gasteiger partial charge in [-0.05, 0) is 36.4 Å². The molecular weight excluding hydrogens is 384 g/mol. The van der Waals surface area contributed by atoms with E-state index < -0.39 is 0 Å². The van der Waals surface area contributed by atoms with Crippen molar-refractivity contribution in [1.82, 2.24) is 9.88 Å². The number of hydrogen-bond donors (Lipinski definition) is 1. The topological polar surface area (TPSA) is 84.0 Å². The molecule has 0 atom stereocenters. The molecule has 1 aromatic heterocycles. The lowest BCUT2D eigenvalue weighted by atomic mass is 10.2. The molecule has 0 unspecified atom stereocenters. The molecule has 30 heavy (non-hydrogen) atoms. The van der Waals surface area contributed by atoms with E-state index in [0.717, 1.165) is 10.9 Å². The second-order valence-corrected chi connectivity index (χ2v) is 6.85. The minimum Gasteiger partial charge on any atom is -0.497 e. The maximum Gasteiger partial charge on any atom is 0.325 e. The maximum absolute atomic E-state index is 12.9. The first kappa shape index (κ1) is 19.5. The number of amides is 3. The van der Waals surface area contributed by atoms with Gasteiger partial charge in [0.05, 0.1) is 25.4 Å². The van der Waals surface area contributed by atoms with Gasteiger partial charge in [0.1, 0.15) is 18.0 Å². The van der Waals surface area contributed by atoms with E-state index in [9.17, 15) is 9.59 Å². The maximum atomic E-state index is 12.9. The third kappa shape index (κ3) is 3.84. The van der Waals surface area contributed by atoms with Gasteiger partial charge in [-0.25, -0.2) is 4.79 Å². The van der Waals surface area contributed by atoms with Crippen LogP contribution in [0, 0.1) is 0 Å². The van der Waals surface area contributed by atoms with E-state index in [1.807, 2.05) is 24.3 Å². The molecule has 1 N–H and O–H groups in total. The summed E-state index contributed by atoms with van der Waals surface area (Å²) in [6, 6.07) is 14.3. The van der Waals surface area contributed by atoms with Crippen LogP contribution < -0.4 is 19.7 Å². The number of rotatable bonds is 6. The van der Waals surface area contributed by atoms with E-state index in [1.54, 1.807) is 49.6 Å². The first-order chi connectivity index (χ1) is 14.6. The van der Waals surface area contributed by atoms with Gasteiger partial charge in [0.15, 0.2) is 0 Å². The third-order valence-electron chi connectivity index (χ3n) is 4.99. The fourth-order valence-corrected chi connectivity index (χ4v) is 3.49. The Hall–Kier alpha value is -3.81. The predicted octanol–water partition coefficient (Wildman–Crippen LogP) is 3.13. The van der Waals surface area contributed by atoms with E-state index in [0.29, 0.717) is 36.0 Å². The molecule has 0 saturated carbocycles. The lowest BCUT2D eigenvalue weighted by Gasteiger charge is -2.21. The Balaban J connectivity index is 1.44. The van der Waals surface area contributed by atoms with Crippen molar-refractivity contribution in [2.45, 2.75) is 0 Å². The number of urea groups is 1. The summed E-state index contributed by atoms with van der Waals surface area (Å²) in [7, 11) is 3.12. The average Bonchev–Trinajstić information content (AvgIpc) is 3.12. The Morgan fingerprint density at radius 1 is 1.10 bits per heavy atom. The number of anilines is 2. The minimum atomic E-state index is -0.258. The van der Waals surface area contributed by atoms with Crippen LogP contribution in [0.1, 0.15) is 0 Å². The lowest BCUT2D eigenvalue weighted by molar-refractivity contribution is -0.116. The number of ether oxygens (including phenoxy) is 2. The van der Waals surface area contributed by atoms with Crippen LogP contribution >= 0.6 is 0 Å². The Morgan fingerprint density at radius 2 is 1.97 bits per heavy atom. The molecular formula is C22H22N4O4. The SMILES string of the molecule is COc1ccc(OC)c(N2CCN(CC(=O)Nc3ccc4ncccc4c3)C2=O)c1. The van der Waals surface area contributed by atoms with Crippen molar-refractivity contribution < 1.29 is 19.1 Å². The van der Waals surface area contributed by atoms with Gasteiger partial charge in [0.25, 0.3) is 0 Å². The molecule has 2 aromatic carbocycles. The van der Waals surface area contributed by atoms with Crippen LogP contribution in [0.2, 0.25) is 0 Å². The normalized spacial score (nSPS) is 13.6. The van der Waals surface area contributed by atoms with Gasteiger partial charge in [0, 0.05) is 36.4 Å². The molecule has 0 spiro atoms. The highest BCUT2D eigenvalue weighted by Crippen LogP contribution is 2.34. The van der Waals surface area contributed by atoms with Crippen LogP contribution in [0.3, 0.4) is 0 Å². The van der Waals surface area contributed by atoms with Gasteiger partial charge in [-0.2, -0.15) is 0 Å². The molecule has 154 valence electrons. The Kier molecular flexibility index (Phi) is 5.38. The molecule has 1 aliphatic heterocycles. The Bertz CT molecular complexity index is 1100. The number of hydrogen-bond acceptors (Lipinski definition) is 5. The number of fused-ring (bicyclic) bond motifs is 1. The van der Waals surface area contributed by atoms with Gasteiger partial charge < -0.3 is 19.7 Å². The summed E-state index contributed by atoms with van der Waals surface area (Å²) < 4.78 is 10.6. The van der Waals surface area contributed by atoms with E-state index in [4.69, 9.17) is 9.47 Å². The number of carbonyl (C=O) groups excluding carboxylic acids is 2. The monoisotopic (exact) mass is 406 g/mol. The molecule has 0 bridgehead atoms. The van der Waals surface area contributed by atoms with Crippen molar-refractivity contribution in [2.75, 3.05) is 44.1 Å². The highest BCUT2D eigenvalue weighted by atomic mass is 16.5. The summed E-state index contributed by atoms with van der Waals surface area (Å²) in [6.45, 7) is 0.859. The zero-order chi connectivity index (χ0) is 21.1. The second kappa shape index (κ2) is 8.28. The van der Waals surface area contributed by atoms with Crippen molar-refractivity contribution >= 4 is 34.2 Å². The molecule has 4 rings (SSSR count). The van der Waals surface area contributed by atoms with Gasteiger partial charge >= 0.3 is 6.03 Å². The molecule has 8 heteroatoms. The Labute approximate surface area is 174 Å². The zero-order valence-corrected chi connectivity index (χ0v) is 16.8. The largest absolute Gasteiger partial charge is 0.497 e. The van der Waals surface area contributed by atoms with Crippen molar-refractivity contribution in [1.29, 1.82) is 0 Å². The number of benzene rings is 2. The van der Waals surface area contributed by atoms with Crippen LogP contribution in [0.15, 0.2) is 54.7 Å². The number of nitrogens with one attached hydrogen (secondary N) is 1. The molecule has 3 aromatic rings. The predicted molar refractivity (Wildman–Crippen MR) is 114 cm³/mol. The average molecular weight is 406 g/mol. The zero-order valence-electron chi connectivity index (χ0n) is 16.8. The summed E-state index contributed by atoms with van der Waals surface area (Å²) in [5.41, 5.74) is 2.14. The van der Waals surface area contributed by atoms with Crippen LogP contribution in [0.5, 0.6) is 11.5 Å². The van der Waals surface area contributed by atoms with Crippen LogP contribution in [-0.2, 0) is 4.79 Å². The highest BCUT2D eigenvalue weighted by Gasteiger charge is 2.32. The quantitative estimate of drug-likeness (QED) is 0.680. The third-order valence-corrected chi connectivity index (χ3v) is 4.99. The molecule has 1 fully saturated rings. The molecule has 3 amide bonds. The number of pyridine rings is 1. The van der Waals surface area contributed by atoms with Gasteiger partial charge in [0.2, 0.25) is 5.91 Å². The van der Waals surface area contributed by atoms with Crippen molar-refractivity contribution in [3.05, 3.63) is 54.7 Å². The summed E-state index contributed by atoms with van der Waals surface area (Å²) in [4.78, 5) is 32.8. The Morgan fingerprint density at radius 3 is 2.77 bits per heavy atom. The van der Waals surface area contributed by atoms with E-state index >= 15 is 0 Å². The van der Waals surface area contributed by atoms with Crippen molar-refractivity contribution in [2.24, 2.45) is 0 Å². The fraction of sp³-hybridized carbons (Fsp3) is 0.227. The number of nitrogens with zero attached hydrogens (tertiary/aromatic N) is 3. The minimum absolute atomic E-state index is 0.0350. The van der Waals surface area contributed by atoms with Gasteiger partial charge in [-0.3, -0.25) is 14.7 Å². The summed E-state index contributed by atoms with van der Waals surface area (Å²) in [6.07, 6.45) is 1.72. The molecule has 2 heterocycles. The van der Waals surface area contributed by atoms with Crippen LogP contribution in [-0.4, -0.2) is 55.7 Å². The second-order valence-electron chi connectivity index (χ2n) is 6.85.